The van der Waals surface area contributed by atoms with Crippen LogP contribution < -0.4 is 78.3 Å². The van der Waals surface area contributed by atoms with Gasteiger partial charge in [0.25, 0.3) is 20.1 Å². The molecular formula is C75H57B3N2O4. The Balaban J connectivity index is 0.944. The summed E-state index contributed by atoms with van der Waals surface area (Å²) in [7, 11) is 0. The second kappa shape index (κ2) is 17.7. The zero-order valence-corrected chi connectivity index (χ0v) is 48.6. The molecule has 0 saturated carbocycles. The van der Waals surface area contributed by atoms with E-state index < -0.39 is 0 Å². The summed E-state index contributed by atoms with van der Waals surface area (Å²) in [5.74, 6) is 6.63. The van der Waals surface area contributed by atoms with Gasteiger partial charge in [-0.3, -0.25) is 0 Å². The van der Waals surface area contributed by atoms with Crippen LogP contribution in [0.4, 0.5) is 28.4 Å². The Hall–Kier alpha value is -9.59. The van der Waals surface area contributed by atoms with Crippen molar-refractivity contribution in [2.75, 3.05) is 10.2 Å². The Morgan fingerprint density at radius 3 is 1.26 bits per heavy atom. The van der Waals surface area contributed by atoms with E-state index in [1.165, 1.54) is 83.4 Å². The van der Waals surface area contributed by atoms with Crippen molar-refractivity contribution < 1.29 is 18.9 Å². The Kier molecular flexibility index (Phi) is 10.3. The lowest BCUT2D eigenvalue weighted by atomic mass is 9.30. The number of para-hydroxylation sites is 2. The molecule has 0 bridgehead atoms. The average Bonchev–Trinajstić information content (AvgIpc) is 1.37. The molecule has 0 atom stereocenters. The van der Waals surface area contributed by atoms with E-state index in [1.54, 1.807) is 0 Å². The summed E-state index contributed by atoms with van der Waals surface area (Å²) in [6.45, 7) is 19.4. The van der Waals surface area contributed by atoms with Crippen LogP contribution >= 0.6 is 0 Å². The highest BCUT2D eigenvalue weighted by atomic mass is 16.5. The van der Waals surface area contributed by atoms with Crippen molar-refractivity contribution in [1.82, 2.24) is 0 Å². The standard InChI is InChI=1S/C75H57B3N2O4/c1-39-27-46(8)75(47(9)28-39)80-59-37-57-53(76-51-23-10-12-25-61(51)81-65-31-48(29-58(79-57)72(65)76)69-40(2)17-14-18-41(69)3)35-54(59)78-56-36-55-63(38-64(56)83-66-32-49(30-60(80)73(66)78)70-42(4)19-15-20-43(70)5)84-68-34-50(71-44(6)21-16-22-45(71)7)33-67-74(68)77(55)52-24-11-13-26-62(52)82-67/h10-38,79H,1-9H3. The molecule has 11 aromatic carbocycles. The summed E-state index contributed by atoms with van der Waals surface area (Å²) in [5, 5.41) is 4.12. The molecule has 0 spiro atoms. The van der Waals surface area contributed by atoms with Gasteiger partial charge in [0.15, 0.2) is 0 Å². The predicted octanol–water partition coefficient (Wildman–Crippen LogP) is 13.3. The first-order valence-corrected chi connectivity index (χ1v) is 29.5. The van der Waals surface area contributed by atoms with Gasteiger partial charge in [0.2, 0.25) is 0 Å². The molecule has 84 heavy (non-hydrogen) atoms. The molecule has 0 saturated heterocycles. The Labute approximate surface area is 491 Å². The van der Waals surface area contributed by atoms with E-state index in [-0.39, 0.29) is 20.1 Å². The summed E-state index contributed by atoms with van der Waals surface area (Å²) in [6, 6.07) is 64.9. The summed E-state index contributed by atoms with van der Waals surface area (Å²) in [5.41, 5.74) is 33.6. The molecule has 6 heterocycles. The van der Waals surface area contributed by atoms with E-state index >= 15 is 0 Å². The number of fused-ring (bicyclic) bond motifs is 12. The van der Waals surface area contributed by atoms with Crippen LogP contribution in [0.3, 0.4) is 0 Å². The van der Waals surface area contributed by atoms with Gasteiger partial charge in [-0.2, -0.15) is 0 Å². The number of nitrogens with zero attached hydrogens (tertiary/aromatic N) is 1. The molecule has 11 aromatic rings. The molecule has 400 valence electrons. The predicted molar refractivity (Wildman–Crippen MR) is 350 cm³/mol. The number of anilines is 5. The lowest BCUT2D eigenvalue weighted by Crippen LogP contribution is -2.64. The molecule has 0 aliphatic carbocycles. The van der Waals surface area contributed by atoms with Gasteiger partial charge in [0.1, 0.15) is 46.0 Å². The third-order valence-electron chi connectivity index (χ3n) is 19.1. The fraction of sp³-hybridized carbons (Fsp3) is 0.120. The highest BCUT2D eigenvalue weighted by Gasteiger charge is 2.49. The molecule has 17 rings (SSSR count). The highest BCUT2D eigenvalue weighted by Crippen LogP contribution is 2.49. The molecule has 6 aliphatic rings. The van der Waals surface area contributed by atoms with Crippen LogP contribution in [0.5, 0.6) is 46.0 Å². The smallest absolute Gasteiger partial charge is 0.260 e. The molecule has 6 aliphatic heterocycles. The van der Waals surface area contributed by atoms with Crippen molar-refractivity contribution in [2.45, 2.75) is 62.3 Å². The lowest BCUT2D eigenvalue weighted by Gasteiger charge is -2.43. The summed E-state index contributed by atoms with van der Waals surface area (Å²) >= 11 is 0. The van der Waals surface area contributed by atoms with E-state index in [1.807, 2.05) is 0 Å². The van der Waals surface area contributed by atoms with Crippen LogP contribution in [0, 0.1) is 62.3 Å². The van der Waals surface area contributed by atoms with Crippen molar-refractivity contribution in [3.8, 4) is 79.4 Å². The quantitative estimate of drug-likeness (QED) is 0.177. The number of hydrogen-bond acceptors (Lipinski definition) is 6. The van der Waals surface area contributed by atoms with Crippen LogP contribution in [0.2, 0.25) is 0 Å². The molecule has 1 N–H and O–H groups in total. The molecule has 0 amide bonds. The summed E-state index contributed by atoms with van der Waals surface area (Å²) in [4.78, 5) is 2.57. The van der Waals surface area contributed by atoms with E-state index in [2.05, 4.69) is 248 Å². The summed E-state index contributed by atoms with van der Waals surface area (Å²) in [6.07, 6.45) is 0. The van der Waals surface area contributed by atoms with Crippen LogP contribution in [0.25, 0.3) is 33.4 Å². The summed E-state index contributed by atoms with van der Waals surface area (Å²) < 4.78 is 28.8. The van der Waals surface area contributed by atoms with E-state index in [4.69, 9.17) is 18.9 Å². The zero-order valence-electron chi connectivity index (χ0n) is 48.6. The monoisotopic (exact) mass is 1080 g/mol. The number of benzene rings is 11. The second-order valence-electron chi connectivity index (χ2n) is 24.4. The van der Waals surface area contributed by atoms with Crippen molar-refractivity contribution in [3.63, 3.8) is 0 Å². The number of nitrogens with one attached hydrogen (secondary N) is 1. The van der Waals surface area contributed by atoms with Gasteiger partial charge in [-0.25, -0.2) is 0 Å². The maximum atomic E-state index is 7.58. The van der Waals surface area contributed by atoms with Crippen molar-refractivity contribution in [1.29, 1.82) is 0 Å². The zero-order chi connectivity index (χ0) is 56.7. The minimum absolute atomic E-state index is 0.115. The first-order valence-electron chi connectivity index (χ1n) is 29.5. The minimum atomic E-state index is -0.247. The molecule has 9 heteroatoms. The second-order valence-corrected chi connectivity index (χ2v) is 24.4. The van der Waals surface area contributed by atoms with Crippen LogP contribution in [-0.2, 0) is 0 Å². The molecule has 0 radical (unpaired) electrons. The molecule has 0 aromatic heterocycles. The Morgan fingerprint density at radius 2 is 0.726 bits per heavy atom. The topological polar surface area (TPSA) is 52.2 Å². The van der Waals surface area contributed by atoms with E-state index in [0.29, 0.717) is 0 Å². The number of hydrogen-bond donors (Lipinski definition) is 1. The van der Waals surface area contributed by atoms with Gasteiger partial charge in [-0.15, -0.1) is 0 Å². The maximum Gasteiger partial charge on any atom is 0.260 e. The first-order chi connectivity index (χ1) is 40.8. The number of aryl methyl sites for hydroxylation is 9. The van der Waals surface area contributed by atoms with Gasteiger partial charge in [0.05, 0.1) is 5.69 Å². The van der Waals surface area contributed by atoms with Gasteiger partial charge >= 0.3 is 0 Å². The van der Waals surface area contributed by atoms with Gasteiger partial charge in [-0.1, -0.05) is 121 Å². The highest BCUT2D eigenvalue weighted by molar-refractivity contribution is 7.03. The van der Waals surface area contributed by atoms with E-state index in [9.17, 15) is 0 Å². The number of rotatable bonds is 4. The lowest BCUT2D eigenvalue weighted by molar-refractivity contribution is 0.456. The minimum Gasteiger partial charge on any atom is -0.458 e. The fourth-order valence-electron chi connectivity index (χ4n) is 15.8. The maximum absolute atomic E-state index is 7.58. The van der Waals surface area contributed by atoms with Crippen LogP contribution in [0.15, 0.2) is 176 Å². The molecule has 0 fully saturated rings. The van der Waals surface area contributed by atoms with Crippen LogP contribution in [-0.4, -0.2) is 20.1 Å². The van der Waals surface area contributed by atoms with Gasteiger partial charge < -0.3 is 29.2 Å². The fourth-order valence-corrected chi connectivity index (χ4v) is 15.8. The third-order valence-corrected chi connectivity index (χ3v) is 19.1. The Bertz CT molecular complexity index is 4730. The number of ether oxygens (including phenoxy) is 4. The largest absolute Gasteiger partial charge is 0.458 e. The third kappa shape index (κ3) is 6.96. The molecule has 6 nitrogen and oxygen atoms in total. The van der Waals surface area contributed by atoms with Gasteiger partial charge in [-0.05, 0) is 239 Å². The average molecular weight is 1080 g/mol. The van der Waals surface area contributed by atoms with E-state index in [0.717, 1.165) is 124 Å². The normalized spacial score (nSPS) is 13.7. The van der Waals surface area contributed by atoms with Crippen molar-refractivity contribution >= 4 is 97.7 Å². The molecular weight excluding hydrogens is 1030 g/mol. The van der Waals surface area contributed by atoms with Gasteiger partial charge in [0, 0.05) is 34.3 Å². The Morgan fingerprint density at radius 1 is 0.298 bits per heavy atom. The SMILES string of the molecule is Cc1cc(C)c(N2c3cc4c(cc3B3c5cc6c(cc5Oc5cc(-c7c(C)cccc7C)cc2c53)Oc2cc(-c3c(C)cccc3C)cc3c2B6c2ccccc2O3)B2c3ccccc3Oc3cc(-c5c(C)cccc5C)cc(c32)N4)c(C)c1. The van der Waals surface area contributed by atoms with Crippen molar-refractivity contribution in [2.24, 2.45) is 0 Å². The first kappa shape index (κ1) is 49.1. The molecule has 0 unspecified atom stereocenters. The van der Waals surface area contributed by atoms with Crippen LogP contribution in [0.1, 0.15) is 50.1 Å². The van der Waals surface area contributed by atoms with Crippen molar-refractivity contribution in [3.05, 3.63) is 226 Å².